The van der Waals surface area contributed by atoms with E-state index in [2.05, 4.69) is 10.3 Å². The number of pyridine rings is 1. The number of nitrogens with two attached hydrogens (primary N) is 1. The van der Waals surface area contributed by atoms with Crippen molar-refractivity contribution in [3.63, 3.8) is 0 Å². The highest BCUT2D eigenvalue weighted by Gasteiger charge is 2.09. The van der Waals surface area contributed by atoms with Gasteiger partial charge in [0.05, 0.1) is 11.9 Å². The first-order valence-corrected chi connectivity index (χ1v) is 8.48. The first kappa shape index (κ1) is 23.4. The van der Waals surface area contributed by atoms with Crippen LogP contribution in [0, 0.1) is 0 Å². The summed E-state index contributed by atoms with van der Waals surface area (Å²) >= 11 is 0. The number of halogens is 2. The van der Waals surface area contributed by atoms with E-state index >= 15 is 0 Å². The van der Waals surface area contributed by atoms with E-state index in [0.29, 0.717) is 18.7 Å². The summed E-state index contributed by atoms with van der Waals surface area (Å²) in [6.07, 6.45) is 6.71. The van der Waals surface area contributed by atoms with Crippen LogP contribution in [0.2, 0.25) is 0 Å². The third-order valence-electron chi connectivity index (χ3n) is 2.76. The molecule has 1 aromatic heterocycles. The number of unbranched alkanes of at least 4 members (excludes halogenated alkanes) is 3. The van der Waals surface area contributed by atoms with Gasteiger partial charge in [0.15, 0.2) is 14.9 Å². The van der Waals surface area contributed by atoms with E-state index in [-0.39, 0.29) is 35.7 Å². The molecular weight excluding hydrogens is 349 g/mol. The number of rotatable bonds is 8. The minimum atomic E-state index is -3.31. The fourth-order valence-corrected chi connectivity index (χ4v) is 2.24. The van der Waals surface area contributed by atoms with Crippen LogP contribution in [0.15, 0.2) is 23.4 Å². The van der Waals surface area contributed by atoms with Crippen LogP contribution in [0.3, 0.4) is 0 Å². The second-order valence-corrected chi connectivity index (χ2v) is 6.62. The van der Waals surface area contributed by atoms with E-state index in [1.807, 2.05) is 0 Å². The molecule has 128 valence electrons. The van der Waals surface area contributed by atoms with Crippen LogP contribution in [0.1, 0.15) is 32.1 Å². The fraction of sp³-hybridized carbons (Fsp3) is 0.538. The Morgan fingerprint density at radius 1 is 1.18 bits per heavy atom. The highest BCUT2D eigenvalue weighted by atomic mass is 35.5. The van der Waals surface area contributed by atoms with Gasteiger partial charge in [-0.05, 0) is 31.5 Å². The van der Waals surface area contributed by atoms with Gasteiger partial charge in [0.25, 0.3) is 0 Å². The Hall–Kier alpha value is -0.890. The number of nitrogens with zero attached hydrogens (tertiary/aromatic N) is 1. The summed E-state index contributed by atoms with van der Waals surface area (Å²) < 4.78 is 22.5. The van der Waals surface area contributed by atoms with Crippen LogP contribution >= 0.6 is 24.8 Å². The number of hydrogen-bond acceptors (Lipinski definition) is 5. The first-order valence-electron chi connectivity index (χ1n) is 6.59. The molecule has 0 atom stereocenters. The van der Waals surface area contributed by atoms with Crippen molar-refractivity contribution in [2.75, 3.05) is 18.1 Å². The summed E-state index contributed by atoms with van der Waals surface area (Å²) in [5.74, 6) is -0.0911. The molecule has 9 heteroatoms. The third-order valence-corrected chi connectivity index (χ3v) is 3.76. The number of nitrogens with one attached hydrogen (secondary N) is 1. The zero-order valence-electron chi connectivity index (χ0n) is 12.4. The molecule has 1 heterocycles. The van der Waals surface area contributed by atoms with Crippen molar-refractivity contribution in [3.8, 4) is 0 Å². The van der Waals surface area contributed by atoms with Crippen molar-refractivity contribution in [1.82, 2.24) is 4.98 Å². The van der Waals surface area contributed by atoms with E-state index in [1.54, 1.807) is 0 Å². The maximum atomic E-state index is 11.6. The number of amides is 1. The molecule has 0 aliphatic carbocycles. The van der Waals surface area contributed by atoms with E-state index in [1.165, 1.54) is 18.3 Å². The zero-order valence-corrected chi connectivity index (χ0v) is 14.9. The maximum Gasteiger partial charge on any atom is 0.224 e. The molecule has 0 aromatic carbocycles. The quantitative estimate of drug-likeness (QED) is 0.681. The molecule has 6 nitrogen and oxygen atoms in total. The summed E-state index contributed by atoms with van der Waals surface area (Å²) in [5.41, 5.74) is 5.89. The summed E-state index contributed by atoms with van der Waals surface area (Å²) in [5, 5.41) is 2.69. The summed E-state index contributed by atoms with van der Waals surface area (Å²) in [6, 6.07) is 2.92. The van der Waals surface area contributed by atoms with E-state index in [9.17, 15) is 13.2 Å². The van der Waals surface area contributed by atoms with Crippen molar-refractivity contribution in [3.05, 3.63) is 18.3 Å². The average molecular weight is 372 g/mol. The molecule has 0 saturated heterocycles. The molecule has 1 amide bonds. The third kappa shape index (κ3) is 9.19. The lowest BCUT2D eigenvalue weighted by Gasteiger charge is -2.05. The van der Waals surface area contributed by atoms with Gasteiger partial charge in [0.2, 0.25) is 5.91 Å². The van der Waals surface area contributed by atoms with Crippen molar-refractivity contribution >= 4 is 46.2 Å². The Balaban J connectivity index is 0. The maximum absolute atomic E-state index is 11.6. The lowest BCUT2D eigenvalue weighted by Crippen LogP contribution is -2.11. The SMILES string of the molecule is CS(=O)(=O)c1ccc(NC(=O)CCCCCCN)cn1.Cl.Cl. The number of hydrogen-bond donors (Lipinski definition) is 2. The van der Waals surface area contributed by atoms with Gasteiger partial charge in [-0.1, -0.05) is 12.8 Å². The highest BCUT2D eigenvalue weighted by molar-refractivity contribution is 7.90. The molecular formula is C13H23Cl2N3O3S. The van der Waals surface area contributed by atoms with Gasteiger partial charge in [0, 0.05) is 12.7 Å². The molecule has 1 aromatic rings. The van der Waals surface area contributed by atoms with Gasteiger partial charge in [-0.2, -0.15) is 0 Å². The predicted octanol–water partition coefficient (Wildman–Crippen LogP) is 2.18. The van der Waals surface area contributed by atoms with E-state index in [4.69, 9.17) is 5.73 Å². The minimum Gasteiger partial charge on any atom is -0.330 e. The zero-order chi connectivity index (χ0) is 15.0. The standard InChI is InChI=1S/C13H21N3O3S.2ClH/c1-20(18,19)13-8-7-11(10-15-13)16-12(17)6-4-2-3-5-9-14;;/h7-8,10H,2-6,9,14H2,1H3,(H,16,17);2*1H. The second-order valence-electron chi connectivity index (χ2n) is 4.66. The predicted molar refractivity (Wildman–Crippen MR) is 92.6 cm³/mol. The van der Waals surface area contributed by atoms with Crippen LogP contribution in [0.5, 0.6) is 0 Å². The van der Waals surface area contributed by atoms with E-state index < -0.39 is 9.84 Å². The smallest absolute Gasteiger partial charge is 0.224 e. The van der Waals surface area contributed by atoms with Gasteiger partial charge in [-0.25, -0.2) is 13.4 Å². The van der Waals surface area contributed by atoms with Crippen molar-refractivity contribution in [2.45, 2.75) is 37.1 Å². The van der Waals surface area contributed by atoms with Crippen LogP contribution < -0.4 is 11.1 Å². The molecule has 0 aliphatic heterocycles. The largest absolute Gasteiger partial charge is 0.330 e. The molecule has 0 radical (unpaired) electrons. The number of carbonyl (C=O) groups excluding carboxylic acids is 1. The highest BCUT2D eigenvalue weighted by Crippen LogP contribution is 2.11. The number of aromatic nitrogens is 1. The van der Waals surface area contributed by atoms with Gasteiger partial charge >= 0.3 is 0 Å². The van der Waals surface area contributed by atoms with Gasteiger partial charge in [-0.15, -0.1) is 24.8 Å². The van der Waals surface area contributed by atoms with Gasteiger partial charge in [0.1, 0.15) is 0 Å². The number of anilines is 1. The minimum absolute atomic E-state index is 0. The Morgan fingerprint density at radius 3 is 2.32 bits per heavy atom. The molecule has 0 unspecified atom stereocenters. The molecule has 0 aliphatic rings. The molecule has 1 rings (SSSR count). The Bertz CT molecular complexity index is 536. The fourth-order valence-electron chi connectivity index (χ4n) is 1.68. The Kier molecular flexibility index (Phi) is 12.4. The van der Waals surface area contributed by atoms with Crippen molar-refractivity contribution < 1.29 is 13.2 Å². The van der Waals surface area contributed by atoms with Crippen molar-refractivity contribution in [2.24, 2.45) is 5.73 Å². The Morgan fingerprint density at radius 2 is 1.82 bits per heavy atom. The van der Waals surface area contributed by atoms with Gasteiger partial charge in [-0.3, -0.25) is 4.79 Å². The molecule has 22 heavy (non-hydrogen) atoms. The van der Waals surface area contributed by atoms with Crippen LogP contribution in [0.25, 0.3) is 0 Å². The Labute approximate surface area is 144 Å². The van der Waals surface area contributed by atoms with Crippen LogP contribution in [0.4, 0.5) is 5.69 Å². The summed E-state index contributed by atoms with van der Waals surface area (Å²) in [6.45, 7) is 0.685. The molecule has 3 N–H and O–H groups in total. The van der Waals surface area contributed by atoms with Crippen molar-refractivity contribution in [1.29, 1.82) is 0 Å². The normalized spacial score (nSPS) is 10.3. The second kappa shape index (κ2) is 11.6. The summed E-state index contributed by atoms with van der Waals surface area (Å²) in [4.78, 5) is 15.5. The topological polar surface area (TPSA) is 102 Å². The number of carbonyl (C=O) groups is 1. The average Bonchev–Trinajstić information content (AvgIpc) is 2.38. The molecule has 0 bridgehead atoms. The van der Waals surface area contributed by atoms with Gasteiger partial charge < -0.3 is 11.1 Å². The summed E-state index contributed by atoms with van der Waals surface area (Å²) in [7, 11) is -3.31. The molecule has 0 saturated carbocycles. The monoisotopic (exact) mass is 371 g/mol. The number of sulfone groups is 1. The van der Waals surface area contributed by atoms with E-state index in [0.717, 1.165) is 31.9 Å². The molecule has 0 spiro atoms. The van der Waals surface area contributed by atoms with Crippen LogP contribution in [-0.2, 0) is 14.6 Å². The lowest BCUT2D eigenvalue weighted by molar-refractivity contribution is -0.116. The van der Waals surface area contributed by atoms with Crippen LogP contribution in [-0.4, -0.2) is 32.1 Å². The molecule has 0 fully saturated rings. The lowest BCUT2D eigenvalue weighted by atomic mass is 10.1. The first-order chi connectivity index (χ1) is 9.43.